The Bertz CT molecular complexity index is 760. The first kappa shape index (κ1) is 13.7. The summed E-state index contributed by atoms with van der Waals surface area (Å²) < 4.78 is 11.2. The fourth-order valence-corrected chi connectivity index (χ4v) is 2.43. The van der Waals surface area contributed by atoms with Gasteiger partial charge in [0.2, 0.25) is 0 Å². The van der Waals surface area contributed by atoms with Crippen LogP contribution in [-0.2, 0) is 0 Å². The monoisotopic (exact) mass is 298 g/mol. The molecule has 0 saturated heterocycles. The number of ether oxygens (including phenoxy) is 2. The summed E-state index contributed by atoms with van der Waals surface area (Å²) in [6.07, 6.45) is 5.42. The maximum atomic E-state index is 5.92. The van der Waals surface area contributed by atoms with E-state index in [1.807, 2.05) is 30.5 Å². The van der Waals surface area contributed by atoms with Gasteiger partial charge < -0.3 is 9.47 Å². The Kier molecular flexibility index (Phi) is 3.92. The average Bonchev–Trinajstić information content (AvgIpc) is 2.55. The molecule has 0 bridgehead atoms. The summed E-state index contributed by atoms with van der Waals surface area (Å²) in [6, 6.07) is 11.5. The molecule has 4 nitrogen and oxygen atoms in total. The zero-order valence-corrected chi connectivity index (χ0v) is 12.6. The first-order valence-corrected chi connectivity index (χ1v) is 7.64. The Balaban J connectivity index is 2.00. The predicted octanol–water partition coefficient (Wildman–Crippen LogP) is 4.15. The van der Waals surface area contributed by atoms with Crippen LogP contribution in [0.25, 0.3) is 11.0 Å². The fraction of sp³-hybridized carbons (Fsp3) is 0.125. The van der Waals surface area contributed by atoms with Crippen LogP contribution in [0.4, 0.5) is 0 Å². The number of benzene rings is 1. The normalized spacial score (nSPS) is 10.6. The van der Waals surface area contributed by atoms with Crippen molar-refractivity contribution in [2.75, 3.05) is 13.4 Å². The van der Waals surface area contributed by atoms with E-state index in [9.17, 15) is 0 Å². The zero-order valence-electron chi connectivity index (χ0n) is 11.7. The number of nitrogens with zero attached hydrogens (tertiary/aromatic N) is 2. The van der Waals surface area contributed by atoms with Crippen molar-refractivity contribution in [2.45, 2.75) is 4.90 Å². The van der Waals surface area contributed by atoms with Gasteiger partial charge in [0.05, 0.1) is 7.11 Å². The van der Waals surface area contributed by atoms with Crippen molar-refractivity contribution >= 4 is 22.8 Å². The summed E-state index contributed by atoms with van der Waals surface area (Å²) in [6.45, 7) is 0. The molecular weight excluding hydrogens is 284 g/mol. The summed E-state index contributed by atoms with van der Waals surface area (Å²) in [5.74, 6) is 2.11. The molecule has 2 aromatic heterocycles. The van der Waals surface area contributed by atoms with Gasteiger partial charge in [-0.05, 0) is 30.5 Å². The highest BCUT2D eigenvalue weighted by Crippen LogP contribution is 2.31. The SMILES string of the molecule is COc1ccnc2c(Oc3ccc(SC)cc3)ccnc12. The zero-order chi connectivity index (χ0) is 14.7. The molecule has 0 saturated carbocycles. The topological polar surface area (TPSA) is 44.2 Å². The van der Waals surface area contributed by atoms with Crippen LogP contribution < -0.4 is 9.47 Å². The second-order valence-corrected chi connectivity index (χ2v) is 5.18. The standard InChI is InChI=1S/C16H14N2O2S/c1-19-13-7-9-18-16-14(8-10-17-15(13)16)20-11-3-5-12(21-2)6-4-11/h3-10H,1-2H3. The van der Waals surface area contributed by atoms with Crippen LogP contribution in [0, 0.1) is 0 Å². The third-order valence-electron chi connectivity index (χ3n) is 3.06. The molecule has 0 spiro atoms. The van der Waals surface area contributed by atoms with Gasteiger partial charge in [-0.1, -0.05) is 0 Å². The van der Waals surface area contributed by atoms with E-state index in [0.29, 0.717) is 22.5 Å². The molecule has 21 heavy (non-hydrogen) atoms. The van der Waals surface area contributed by atoms with Crippen molar-refractivity contribution in [2.24, 2.45) is 0 Å². The molecule has 0 aliphatic carbocycles. The van der Waals surface area contributed by atoms with Crippen LogP contribution in [0.15, 0.2) is 53.7 Å². The molecule has 0 N–H and O–H groups in total. The van der Waals surface area contributed by atoms with E-state index in [4.69, 9.17) is 9.47 Å². The number of fused-ring (bicyclic) bond motifs is 1. The van der Waals surface area contributed by atoms with E-state index < -0.39 is 0 Å². The fourth-order valence-electron chi connectivity index (χ4n) is 2.02. The smallest absolute Gasteiger partial charge is 0.156 e. The third kappa shape index (κ3) is 2.78. The second-order valence-electron chi connectivity index (χ2n) is 4.30. The molecule has 0 atom stereocenters. The average molecular weight is 298 g/mol. The quantitative estimate of drug-likeness (QED) is 0.677. The number of hydrogen-bond acceptors (Lipinski definition) is 5. The Morgan fingerprint density at radius 3 is 2.10 bits per heavy atom. The molecule has 3 rings (SSSR count). The number of rotatable bonds is 4. The van der Waals surface area contributed by atoms with Gasteiger partial charge >= 0.3 is 0 Å². The van der Waals surface area contributed by atoms with Crippen molar-refractivity contribution in [1.29, 1.82) is 0 Å². The Hall–Kier alpha value is -2.27. The highest BCUT2D eigenvalue weighted by molar-refractivity contribution is 7.98. The summed E-state index contributed by atoms with van der Waals surface area (Å²) in [4.78, 5) is 9.85. The van der Waals surface area contributed by atoms with Crippen LogP contribution in [0.2, 0.25) is 0 Å². The van der Waals surface area contributed by atoms with Gasteiger partial charge in [-0.3, -0.25) is 9.97 Å². The highest BCUT2D eigenvalue weighted by Gasteiger charge is 2.09. The van der Waals surface area contributed by atoms with Crippen LogP contribution in [0.5, 0.6) is 17.2 Å². The van der Waals surface area contributed by atoms with E-state index in [1.165, 1.54) is 4.90 Å². The van der Waals surface area contributed by atoms with Crippen molar-refractivity contribution in [1.82, 2.24) is 9.97 Å². The van der Waals surface area contributed by atoms with E-state index >= 15 is 0 Å². The van der Waals surface area contributed by atoms with Crippen molar-refractivity contribution < 1.29 is 9.47 Å². The maximum absolute atomic E-state index is 5.92. The van der Waals surface area contributed by atoms with Gasteiger partial charge in [0.1, 0.15) is 22.5 Å². The number of thioether (sulfide) groups is 1. The first-order chi connectivity index (χ1) is 10.3. The van der Waals surface area contributed by atoms with E-state index in [2.05, 4.69) is 9.97 Å². The van der Waals surface area contributed by atoms with Gasteiger partial charge in [0.25, 0.3) is 0 Å². The lowest BCUT2D eigenvalue weighted by atomic mass is 10.3. The van der Waals surface area contributed by atoms with E-state index in [1.54, 1.807) is 43.4 Å². The van der Waals surface area contributed by atoms with Gasteiger partial charge in [-0.25, -0.2) is 0 Å². The molecule has 0 amide bonds. The number of methoxy groups -OCH3 is 1. The molecule has 0 aliphatic rings. The molecule has 3 aromatic rings. The predicted molar refractivity (Wildman–Crippen MR) is 84.4 cm³/mol. The third-order valence-corrected chi connectivity index (χ3v) is 3.80. The lowest BCUT2D eigenvalue weighted by molar-refractivity contribution is 0.418. The molecule has 0 unspecified atom stereocenters. The lowest BCUT2D eigenvalue weighted by Gasteiger charge is -2.09. The summed E-state index contributed by atoms with van der Waals surface area (Å²) in [5.41, 5.74) is 1.38. The Morgan fingerprint density at radius 2 is 1.48 bits per heavy atom. The molecule has 2 heterocycles. The van der Waals surface area contributed by atoms with Crippen molar-refractivity contribution in [3.05, 3.63) is 48.8 Å². The second kappa shape index (κ2) is 6.01. The van der Waals surface area contributed by atoms with E-state index in [0.717, 1.165) is 5.75 Å². The van der Waals surface area contributed by atoms with Crippen LogP contribution in [0.3, 0.4) is 0 Å². The molecule has 106 valence electrons. The van der Waals surface area contributed by atoms with Gasteiger partial charge in [-0.15, -0.1) is 11.8 Å². The van der Waals surface area contributed by atoms with Crippen LogP contribution >= 0.6 is 11.8 Å². The van der Waals surface area contributed by atoms with Gasteiger partial charge in [0, 0.05) is 29.4 Å². The van der Waals surface area contributed by atoms with Crippen molar-refractivity contribution in [3.63, 3.8) is 0 Å². The largest absolute Gasteiger partial charge is 0.494 e. The maximum Gasteiger partial charge on any atom is 0.156 e. The number of hydrogen-bond donors (Lipinski definition) is 0. The minimum Gasteiger partial charge on any atom is -0.494 e. The number of aromatic nitrogens is 2. The molecular formula is C16H14N2O2S. The summed E-state index contributed by atoms with van der Waals surface area (Å²) >= 11 is 1.70. The lowest BCUT2D eigenvalue weighted by Crippen LogP contribution is -1.93. The van der Waals surface area contributed by atoms with Crippen LogP contribution in [0.1, 0.15) is 0 Å². The summed E-state index contributed by atoms with van der Waals surface area (Å²) in [5, 5.41) is 0. The molecule has 5 heteroatoms. The highest BCUT2D eigenvalue weighted by atomic mass is 32.2. The minimum atomic E-state index is 0.663. The Morgan fingerprint density at radius 1 is 0.857 bits per heavy atom. The van der Waals surface area contributed by atoms with Crippen molar-refractivity contribution in [3.8, 4) is 17.2 Å². The van der Waals surface area contributed by atoms with Gasteiger partial charge in [-0.2, -0.15) is 0 Å². The first-order valence-electron chi connectivity index (χ1n) is 6.41. The molecule has 0 fully saturated rings. The summed E-state index contributed by atoms with van der Waals surface area (Å²) in [7, 11) is 1.62. The minimum absolute atomic E-state index is 0.663. The molecule has 0 radical (unpaired) electrons. The van der Waals surface area contributed by atoms with Crippen LogP contribution in [-0.4, -0.2) is 23.3 Å². The Labute approximate surface area is 127 Å². The van der Waals surface area contributed by atoms with E-state index in [-0.39, 0.29) is 0 Å². The molecule has 1 aromatic carbocycles. The van der Waals surface area contributed by atoms with Gasteiger partial charge in [0.15, 0.2) is 5.75 Å². The molecule has 0 aliphatic heterocycles. The number of pyridine rings is 2.